The average Bonchev–Trinajstić information content (AvgIpc) is 2.61. The Hall–Kier alpha value is -1.56. The molecule has 0 aliphatic rings. The quantitative estimate of drug-likeness (QED) is 0.839. The highest BCUT2D eigenvalue weighted by atomic mass is 32.2. The van der Waals surface area contributed by atoms with Gasteiger partial charge in [0.1, 0.15) is 10.6 Å². The molecule has 2 rings (SSSR count). The van der Waals surface area contributed by atoms with Crippen LogP contribution in [0, 0.1) is 0 Å². The van der Waals surface area contributed by atoms with Gasteiger partial charge in [-0.1, -0.05) is 35.5 Å². The Labute approximate surface area is 94.6 Å². The van der Waals surface area contributed by atoms with E-state index in [4.69, 9.17) is 10.3 Å². The number of nitrogens with two attached hydrogens (primary N) is 1. The second-order valence-electron chi connectivity index (χ2n) is 2.97. The summed E-state index contributed by atoms with van der Waals surface area (Å²) in [6.45, 7) is 0. The van der Waals surface area contributed by atoms with Gasteiger partial charge in [0.2, 0.25) is 5.88 Å². The molecule has 3 nitrogen and oxygen atoms in total. The van der Waals surface area contributed by atoms with Crippen LogP contribution >= 0.6 is 11.8 Å². The summed E-state index contributed by atoms with van der Waals surface area (Å²) >= 11 is 0.339. The van der Waals surface area contributed by atoms with E-state index < -0.39 is 5.76 Å². The van der Waals surface area contributed by atoms with Gasteiger partial charge >= 0.3 is 0 Å². The van der Waals surface area contributed by atoms with Crippen LogP contribution in [-0.2, 0) is 0 Å². The second-order valence-corrected chi connectivity index (χ2v) is 3.97. The van der Waals surface area contributed by atoms with Crippen molar-refractivity contribution in [1.29, 1.82) is 0 Å². The molecule has 0 saturated carbocycles. The van der Waals surface area contributed by atoms with Crippen molar-refractivity contribution in [3.63, 3.8) is 0 Å². The van der Waals surface area contributed by atoms with Crippen LogP contribution in [0.15, 0.2) is 39.8 Å². The molecule has 0 unspecified atom stereocenters. The third-order valence-electron chi connectivity index (χ3n) is 1.93. The van der Waals surface area contributed by atoms with Crippen molar-refractivity contribution in [2.75, 3.05) is 5.73 Å². The lowest BCUT2D eigenvalue weighted by molar-refractivity contribution is 0.252. The summed E-state index contributed by atoms with van der Waals surface area (Å²) < 4.78 is 29.3. The number of hydrogen-bond donors (Lipinski definition) is 1. The number of halogens is 2. The molecule has 0 saturated heterocycles. The van der Waals surface area contributed by atoms with Crippen molar-refractivity contribution in [2.45, 2.75) is 10.7 Å². The number of benzene rings is 1. The maximum atomic E-state index is 12.3. The van der Waals surface area contributed by atoms with Crippen molar-refractivity contribution in [1.82, 2.24) is 5.16 Å². The van der Waals surface area contributed by atoms with Crippen LogP contribution in [-0.4, -0.2) is 10.9 Å². The summed E-state index contributed by atoms with van der Waals surface area (Å²) in [5.74, 6) is -2.63. The Morgan fingerprint density at radius 3 is 2.56 bits per heavy atom. The molecule has 84 valence electrons. The molecule has 0 aliphatic heterocycles. The van der Waals surface area contributed by atoms with Crippen LogP contribution in [0.3, 0.4) is 0 Å². The number of rotatable bonds is 3. The molecule has 0 aliphatic carbocycles. The Morgan fingerprint density at radius 2 is 1.94 bits per heavy atom. The van der Waals surface area contributed by atoms with Gasteiger partial charge in [0.25, 0.3) is 5.76 Å². The van der Waals surface area contributed by atoms with E-state index in [1.807, 2.05) is 6.07 Å². The first kappa shape index (κ1) is 10.9. The molecule has 1 aromatic heterocycles. The van der Waals surface area contributed by atoms with Crippen LogP contribution in [0.25, 0.3) is 11.3 Å². The molecule has 0 fully saturated rings. The number of anilines is 1. The van der Waals surface area contributed by atoms with E-state index in [0.29, 0.717) is 23.0 Å². The minimum Gasteiger partial charge on any atom is -0.367 e. The molecule has 0 bridgehead atoms. The highest BCUT2D eigenvalue weighted by Gasteiger charge is 2.19. The second kappa shape index (κ2) is 4.52. The lowest BCUT2D eigenvalue weighted by Gasteiger charge is -2.00. The largest absolute Gasteiger partial charge is 0.367 e. The molecule has 1 aromatic carbocycles. The van der Waals surface area contributed by atoms with Gasteiger partial charge in [-0.15, -0.1) is 0 Å². The fraction of sp³-hybridized carbons (Fsp3) is 0.100. The van der Waals surface area contributed by atoms with E-state index in [1.54, 1.807) is 24.3 Å². The van der Waals surface area contributed by atoms with Crippen LogP contribution in [0.1, 0.15) is 0 Å². The molecule has 1 heterocycles. The topological polar surface area (TPSA) is 52.0 Å². The van der Waals surface area contributed by atoms with E-state index in [0.717, 1.165) is 0 Å². The number of hydrogen-bond acceptors (Lipinski definition) is 4. The lowest BCUT2D eigenvalue weighted by Crippen LogP contribution is -1.88. The van der Waals surface area contributed by atoms with Crippen molar-refractivity contribution in [3.8, 4) is 11.3 Å². The number of aromatic nitrogens is 1. The summed E-state index contributed by atoms with van der Waals surface area (Å²) in [6, 6.07) is 8.92. The fourth-order valence-corrected chi connectivity index (χ4v) is 1.88. The van der Waals surface area contributed by atoms with Gasteiger partial charge in [-0.05, 0) is 11.8 Å². The van der Waals surface area contributed by atoms with Gasteiger partial charge in [-0.3, -0.25) is 0 Å². The van der Waals surface area contributed by atoms with Crippen LogP contribution in [0.5, 0.6) is 0 Å². The third kappa shape index (κ3) is 2.16. The summed E-state index contributed by atoms with van der Waals surface area (Å²) in [5, 5.41) is 3.68. The Morgan fingerprint density at radius 1 is 1.25 bits per heavy atom. The molecule has 16 heavy (non-hydrogen) atoms. The van der Waals surface area contributed by atoms with Gasteiger partial charge in [-0.2, -0.15) is 8.78 Å². The van der Waals surface area contributed by atoms with Gasteiger partial charge in [0.05, 0.1) is 0 Å². The first-order chi connectivity index (χ1) is 7.68. The predicted molar refractivity (Wildman–Crippen MR) is 58.2 cm³/mol. The molecule has 2 aromatic rings. The predicted octanol–water partition coefficient (Wildman–Crippen LogP) is 3.24. The van der Waals surface area contributed by atoms with E-state index in [2.05, 4.69) is 5.16 Å². The smallest absolute Gasteiger partial charge is 0.289 e. The van der Waals surface area contributed by atoms with Crippen molar-refractivity contribution >= 4 is 17.6 Å². The summed E-state index contributed by atoms with van der Waals surface area (Å²) in [5.41, 5.74) is 6.49. The summed E-state index contributed by atoms with van der Waals surface area (Å²) in [4.78, 5) is 0.182. The molecule has 0 amide bonds. The summed E-state index contributed by atoms with van der Waals surface area (Å²) in [6.07, 6.45) is 0. The number of thioether (sulfide) groups is 1. The van der Waals surface area contributed by atoms with Gasteiger partial charge in [0, 0.05) is 5.56 Å². The molecule has 2 N–H and O–H groups in total. The molecular weight excluding hydrogens is 234 g/mol. The monoisotopic (exact) mass is 242 g/mol. The highest BCUT2D eigenvalue weighted by Crippen LogP contribution is 2.38. The minimum atomic E-state index is -2.55. The van der Waals surface area contributed by atoms with Crippen molar-refractivity contribution in [3.05, 3.63) is 30.3 Å². The zero-order valence-electron chi connectivity index (χ0n) is 8.06. The van der Waals surface area contributed by atoms with Crippen LogP contribution in [0.2, 0.25) is 0 Å². The van der Waals surface area contributed by atoms with Crippen molar-refractivity contribution in [2.24, 2.45) is 0 Å². The Balaban J connectivity index is 2.42. The first-order valence-corrected chi connectivity index (χ1v) is 5.32. The zero-order valence-corrected chi connectivity index (χ0v) is 8.88. The Bertz CT molecular complexity index is 473. The maximum absolute atomic E-state index is 12.3. The zero-order chi connectivity index (χ0) is 11.5. The number of nitrogen functional groups attached to an aromatic ring is 1. The SMILES string of the molecule is Nc1onc(-c2ccccc2)c1SC(F)F. The molecular formula is C10H8F2N2OS. The molecule has 6 heteroatoms. The average molecular weight is 242 g/mol. The van der Waals surface area contributed by atoms with Crippen molar-refractivity contribution < 1.29 is 13.3 Å². The van der Waals surface area contributed by atoms with E-state index in [9.17, 15) is 8.78 Å². The highest BCUT2D eigenvalue weighted by molar-refractivity contribution is 7.99. The van der Waals surface area contributed by atoms with Crippen LogP contribution in [0.4, 0.5) is 14.7 Å². The number of nitrogens with zero attached hydrogens (tertiary/aromatic N) is 1. The maximum Gasteiger partial charge on any atom is 0.289 e. The molecule has 0 spiro atoms. The van der Waals surface area contributed by atoms with Gasteiger partial charge < -0.3 is 10.3 Å². The third-order valence-corrected chi connectivity index (χ3v) is 2.74. The minimum absolute atomic E-state index is 0.0795. The van der Waals surface area contributed by atoms with E-state index in [-0.39, 0.29) is 10.8 Å². The fourth-order valence-electron chi connectivity index (χ4n) is 1.28. The lowest BCUT2D eigenvalue weighted by atomic mass is 10.1. The van der Waals surface area contributed by atoms with E-state index >= 15 is 0 Å². The van der Waals surface area contributed by atoms with Gasteiger partial charge in [0.15, 0.2) is 0 Å². The molecule has 0 radical (unpaired) electrons. The summed E-state index contributed by atoms with van der Waals surface area (Å²) in [7, 11) is 0. The normalized spacial score (nSPS) is 10.9. The first-order valence-electron chi connectivity index (χ1n) is 4.44. The number of alkyl halides is 2. The molecule has 0 atom stereocenters. The Kier molecular flexibility index (Phi) is 3.09. The van der Waals surface area contributed by atoms with E-state index in [1.165, 1.54) is 0 Å². The van der Waals surface area contributed by atoms with Crippen LogP contribution < -0.4 is 5.73 Å². The standard InChI is InChI=1S/C10H8F2N2OS/c11-10(12)16-8-7(14-15-9(8)13)6-4-2-1-3-5-6/h1-5,10H,13H2. The van der Waals surface area contributed by atoms with Gasteiger partial charge in [-0.25, -0.2) is 0 Å².